The Balaban J connectivity index is 1.80. The smallest absolute Gasteiger partial charge is 0.308 e. The van der Waals surface area contributed by atoms with Gasteiger partial charge in [0, 0.05) is 0 Å². The van der Waals surface area contributed by atoms with Crippen LogP contribution in [0.1, 0.15) is 12.0 Å². The lowest BCUT2D eigenvalue weighted by Gasteiger charge is -2.28. The van der Waals surface area contributed by atoms with Crippen LogP contribution in [0.15, 0.2) is 30.3 Å². The van der Waals surface area contributed by atoms with Crippen molar-refractivity contribution in [3.05, 3.63) is 35.9 Å². The van der Waals surface area contributed by atoms with E-state index < -0.39 is 24.0 Å². The van der Waals surface area contributed by atoms with Crippen molar-refractivity contribution in [1.29, 1.82) is 0 Å². The third-order valence-electron chi connectivity index (χ3n) is 3.26. The zero-order valence-corrected chi connectivity index (χ0v) is 12.2. The third kappa shape index (κ3) is 4.29. The predicted molar refractivity (Wildman–Crippen MR) is 76.6 cm³/mol. The molecule has 1 aromatic carbocycles. The Morgan fingerprint density at radius 1 is 1.09 bits per heavy atom. The SMILES string of the molecule is COC(=O)C[C@@H]1NC(=O)[C@H](COCc2ccccc2)NC1=O. The van der Waals surface area contributed by atoms with Crippen LogP contribution in [0.4, 0.5) is 0 Å². The van der Waals surface area contributed by atoms with E-state index in [1.807, 2.05) is 30.3 Å². The number of amides is 2. The molecule has 2 atom stereocenters. The van der Waals surface area contributed by atoms with Gasteiger partial charge in [0.15, 0.2) is 0 Å². The second-order valence-electron chi connectivity index (χ2n) is 4.90. The first kappa shape index (κ1) is 16.0. The van der Waals surface area contributed by atoms with Crippen molar-refractivity contribution >= 4 is 17.8 Å². The Kier molecular flexibility index (Phi) is 5.48. The molecule has 2 rings (SSSR count). The Bertz CT molecular complexity index is 546. The minimum Gasteiger partial charge on any atom is -0.469 e. The number of rotatable bonds is 6. The monoisotopic (exact) mass is 306 g/mol. The zero-order valence-electron chi connectivity index (χ0n) is 12.2. The first-order chi connectivity index (χ1) is 10.6. The summed E-state index contributed by atoms with van der Waals surface area (Å²) in [7, 11) is 1.23. The number of hydrogen-bond acceptors (Lipinski definition) is 5. The average Bonchev–Trinajstić information content (AvgIpc) is 2.52. The van der Waals surface area contributed by atoms with Gasteiger partial charge < -0.3 is 20.1 Å². The van der Waals surface area contributed by atoms with E-state index in [9.17, 15) is 14.4 Å². The van der Waals surface area contributed by atoms with Gasteiger partial charge in [-0.15, -0.1) is 0 Å². The van der Waals surface area contributed by atoms with E-state index in [1.54, 1.807) is 0 Å². The standard InChI is InChI=1S/C15H18N2O5/c1-21-13(18)7-11-14(19)17-12(15(20)16-11)9-22-8-10-5-3-2-4-6-10/h2-6,11-12H,7-9H2,1H3,(H,16,20)(H,17,19)/t11-,12-/m0/s1. The average molecular weight is 306 g/mol. The molecule has 2 N–H and O–H groups in total. The number of carbonyl (C=O) groups is 3. The molecule has 118 valence electrons. The summed E-state index contributed by atoms with van der Waals surface area (Å²) in [6.45, 7) is 0.420. The minimum atomic E-state index is -0.898. The molecular formula is C15H18N2O5. The number of piperazine rings is 1. The molecule has 0 saturated carbocycles. The lowest BCUT2D eigenvalue weighted by molar-refractivity contribution is -0.146. The van der Waals surface area contributed by atoms with Crippen molar-refractivity contribution in [3.63, 3.8) is 0 Å². The largest absolute Gasteiger partial charge is 0.469 e. The topological polar surface area (TPSA) is 93.7 Å². The summed E-state index contributed by atoms with van der Waals surface area (Å²) in [5.41, 5.74) is 0.980. The van der Waals surface area contributed by atoms with Crippen LogP contribution in [0.25, 0.3) is 0 Å². The molecule has 1 aliphatic rings. The van der Waals surface area contributed by atoms with Crippen molar-refractivity contribution in [2.45, 2.75) is 25.1 Å². The van der Waals surface area contributed by atoms with E-state index in [-0.39, 0.29) is 18.9 Å². The normalized spacial score (nSPS) is 21.0. The fourth-order valence-electron chi connectivity index (χ4n) is 2.06. The predicted octanol–water partition coefficient (Wildman–Crippen LogP) is -0.250. The van der Waals surface area contributed by atoms with Gasteiger partial charge >= 0.3 is 5.97 Å². The van der Waals surface area contributed by atoms with Crippen LogP contribution in [0.2, 0.25) is 0 Å². The quantitative estimate of drug-likeness (QED) is 0.707. The van der Waals surface area contributed by atoms with E-state index in [0.717, 1.165) is 5.56 Å². The van der Waals surface area contributed by atoms with Gasteiger partial charge in [-0.1, -0.05) is 30.3 Å². The fraction of sp³-hybridized carbons (Fsp3) is 0.400. The molecule has 0 aliphatic carbocycles. The van der Waals surface area contributed by atoms with Crippen LogP contribution in [-0.2, 0) is 30.5 Å². The van der Waals surface area contributed by atoms with Crippen LogP contribution in [0, 0.1) is 0 Å². The maximum absolute atomic E-state index is 11.9. The zero-order chi connectivity index (χ0) is 15.9. The number of nitrogens with one attached hydrogen (secondary N) is 2. The lowest BCUT2D eigenvalue weighted by Crippen LogP contribution is -2.63. The highest BCUT2D eigenvalue weighted by Gasteiger charge is 2.35. The number of benzene rings is 1. The summed E-state index contributed by atoms with van der Waals surface area (Å²) in [4.78, 5) is 34.9. The summed E-state index contributed by atoms with van der Waals surface area (Å²) < 4.78 is 9.93. The van der Waals surface area contributed by atoms with Gasteiger partial charge in [-0.05, 0) is 5.56 Å². The second-order valence-corrected chi connectivity index (χ2v) is 4.90. The third-order valence-corrected chi connectivity index (χ3v) is 3.26. The molecule has 0 bridgehead atoms. The van der Waals surface area contributed by atoms with Crippen LogP contribution < -0.4 is 10.6 Å². The molecule has 0 unspecified atom stereocenters. The molecule has 1 aliphatic heterocycles. The highest BCUT2D eigenvalue weighted by atomic mass is 16.5. The molecule has 7 nitrogen and oxygen atoms in total. The Morgan fingerprint density at radius 2 is 1.73 bits per heavy atom. The Hall–Kier alpha value is -2.41. The van der Waals surface area contributed by atoms with Gasteiger partial charge in [-0.2, -0.15) is 0 Å². The van der Waals surface area contributed by atoms with Gasteiger partial charge in [-0.25, -0.2) is 0 Å². The van der Waals surface area contributed by atoms with Crippen LogP contribution in [-0.4, -0.2) is 43.6 Å². The van der Waals surface area contributed by atoms with Crippen LogP contribution >= 0.6 is 0 Å². The van der Waals surface area contributed by atoms with Crippen LogP contribution in [0.5, 0.6) is 0 Å². The van der Waals surface area contributed by atoms with Gasteiger partial charge in [-0.3, -0.25) is 14.4 Å². The maximum Gasteiger partial charge on any atom is 0.308 e. The Labute approximate surface area is 128 Å². The molecule has 1 aromatic rings. The molecule has 2 amide bonds. The maximum atomic E-state index is 11.9. The molecule has 0 radical (unpaired) electrons. The van der Waals surface area contributed by atoms with E-state index in [1.165, 1.54) is 7.11 Å². The summed E-state index contributed by atoms with van der Waals surface area (Å²) in [5, 5.41) is 5.05. The summed E-state index contributed by atoms with van der Waals surface area (Å²) in [6.07, 6.45) is -0.189. The number of hydrogen-bond donors (Lipinski definition) is 2. The van der Waals surface area contributed by atoms with Crippen molar-refractivity contribution < 1.29 is 23.9 Å². The highest BCUT2D eigenvalue weighted by Crippen LogP contribution is 2.05. The van der Waals surface area contributed by atoms with E-state index >= 15 is 0 Å². The molecule has 1 saturated heterocycles. The van der Waals surface area contributed by atoms with Gasteiger partial charge in [0.05, 0.1) is 26.7 Å². The summed E-state index contributed by atoms with van der Waals surface area (Å²) >= 11 is 0. The number of ether oxygens (including phenoxy) is 2. The van der Waals surface area contributed by atoms with Gasteiger partial charge in [0.1, 0.15) is 12.1 Å². The molecule has 7 heteroatoms. The van der Waals surface area contributed by atoms with E-state index in [2.05, 4.69) is 15.4 Å². The molecule has 22 heavy (non-hydrogen) atoms. The van der Waals surface area contributed by atoms with Crippen molar-refractivity contribution in [2.75, 3.05) is 13.7 Å². The van der Waals surface area contributed by atoms with E-state index in [4.69, 9.17) is 4.74 Å². The number of carbonyl (C=O) groups excluding carboxylic acids is 3. The first-order valence-electron chi connectivity index (χ1n) is 6.89. The summed E-state index contributed by atoms with van der Waals surface area (Å²) in [6, 6.07) is 7.85. The van der Waals surface area contributed by atoms with Crippen LogP contribution in [0.3, 0.4) is 0 Å². The molecule has 1 fully saturated rings. The van der Waals surface area contributed by atoms with Crippen molar-refractivity contribution in [2.24, 2.45) is 0 Å². The minimum absolute atomic E-state index is 0.0669. The second kappa shape index (κ2) is 7.56. The number of esters is 1. The molecule has 0 spiro atoms. The van der Waals surface area contributed by atoms with E-state index in [0.29, 0.717) is 6.61 Å². The number of methoxy groups -OCH3 is 1. The van der Waals surface area contributed by atoms with Crippen molar-refractivity contribution in [3.8, 4) is 0 Å². The molecule has 0 aromatic heterocycles. The van der Waals surface area contributed by atoms with Crippen molar-refractivity contribution in [1.82, 2.24) is 10.6 Å². The molecule has 1 heterocycles. The lowest BCUT2D eigenvalue weighted by atomic mass is 10.1. The Morgan fingerprint density at radius 3 is 2.41 bits per heavy atom. The van der Waals surface area contributed by atoms with Gasteiger partial charge in [0.25, 0.3) is 0 Å². The first-order valence-corrected chi connectivity index (χ1v) is 6.89. The molecular weight excluding hydrogens is 288 g/mol. The summed E-state index contributed by atoms with van der Waals surface area (Å²) in [5.74, 6) is -1.35. The fourth-order valence-corrected chi connectivity index (χ4v) is 2.06. The van der Waals surface area contributed by atoms with Gasteiger partial charge in [0.2, 0.25) is 11.8 Å². The highest BCUT2D eigenvalue weighted by molar-refractivity contribution is 5.98.